The number of alkyl halides is 27. The summed E-state index contributed by atoms with van der Waals surface area (Å²) in [5, 5.41) is 0. The second kappa shape index (κ2) is 10.8. The van der Waals surface area contributed by atoms with Crippen molar-refractivity contribution in [3.63, 3.8) is 0 Å². The minimum Gasteiger partial charge on any atom is -0.412 e. The van der Waals surface area contributed by atoms with Gasteiger partial charge in [-0.3, -0.25) is 0 Å². The lowest BCUT2D eigenvalue weighted by atomic mass is 10.1. The zero-order valence-corrected chi connectivity index (χ0v) is 24.9. The van der Waals surface area contributed by atoms with E-state index in [1.165, 1.54) is 0 Å². The molecule has 0 saturated carbocycles. The predicted octanol–water partition coefficient (Wildman–Crippen LogP) is 9.29. The lowest BCUT2D eigenvalue weighted by molar-refractivity contribution is -0.400. The van der Waals surface area contributed by atoms with Crippen molar-refractivity contribution in [1.82, 2.24) is 0 Å². The molecule has 0 aliphatic carbocycles. The van der Waals surface area contributed by atoms with Crippen LogP contribution in [-0.2, 0) is 12.3 Å². The van der Waals surface area contributed by atoms with Gasteiger partial charge in [0.15, 0.2) is 0 Å². The molecule has 0 N–H and O–H groups in total. The van der Waals surface area contributed by atoms with Crippen molar-refractivity contribution in [2.24, 2.45) is 0 Å². The fourth-order valence-corrected chi connectivity index (χ4v) is 19.2. The largest absolute Gasteiger partial charge is 0.486 e. The Hall–Kier alpha value is -1.36. The van der Waals surface area contributed by atoms with Gasteiger partial charge < -0.3 is 12.3 Å². The molecule has 1 heterocycles. The van der Waals surface area contributed by atoms with E-state index in [1.807, 2.05) is 0 Å². The standard InChI is InChI=1S/C15H9F27O3Si3/c1-46(2)43-47(3,13(37,38)7(22,23)4(16,17)10(28,29)30)45-48(44-46,14(39,40)8(24,25)5(18,19)11(31,32)33)15(41,42)9(26,27)6(20,21)12(34,35)36/h1-3H3. The first-order chi connectivity index (χ1) is 20.1. The van der Waals surface area contributed by atoms with E-state index in [4.69, 9.17) is 0 Å². The van der Waals surface area contributed by atoms with Crippen molar-refractivity contribution in [1.29, 1.82) is 0 Å². The molecule has 1 saturated heterocycles. The number of halogens is 27. The third-order valence-electron chi connectivity index (χ3n) is 6.00. The maximum Gasteiger partial charge on any atom is 0.486 e. The third-order valence-corrected chi connectivity index (χ3v) is 19.1. The van der Waals surface area contributed by atoms with Crippen molar-refractivity contribution >= 4 is 25.7 Å². The first kappa shape index (κ1) is 44.7. The van der Waals surface area contributed by atoms with E-state index in [0.717, 1.165) is 0 Å². The van der Waals surface area contributed by atoms with Crippen LogP contribution in [0.5, 0.6) is 0 Å². The van der Waals surface area contributed by atoms with E-state index < -0.39 is 116 Å². The molecule has 3 nitrogen and oxygen atoms in total. The molecule has 288 valence electrons. The zero-order valence-electron chi connectivity index (χ0n) is 21.9. The molecule has 33 heteroatoms. The summed E-state index contributed by atoms with van der Waals surface area (Å²) < 4.78 is 382. The molecular weight excluding hydrogens is 825 g/mol. The highest BCUT2D eigenvalue weighted by molar-refractivity contribution is 6.96. The second-order valence-electron chi connectivity index (χ2n) is 9.93. The Morgan fingerprint density at radius 2 is 0.521 bits per heavy atom. The summed E-state index contributed by atoms with van der Waals surface area (Å²) in [7, 11) is -26.4. The number of hydrogen-bond donors (Lipinski definition) is 0. The average molecular weight is 834 g/mol. The van der Waals surface area contributed by atoms with E-state index in [9.17, 15) is 101 Å². The molecule has 0 aromatic heterocycles. The molecule has 0 aromatic rings. The van der Waals surface area contributed by atoms with Crippen LogP contribution in [0.25, 0.3) is 0 Å². The van der Waals surface area contributed by atoms with Crippen LogP contribution in [0.2, 0.25) is 19.6 Å². The Bertz CT molecular complexity index is 1170. The Balaban J connectivity index is 4.65. The van der Waals surface area contributed by atoms with Crippen LogP contribution >= 0.6 is 0 Å². The highest BCUT2D eigenvalue weighted by Gasteiger charge is 3.02. The summed E-state index contributed by atoms with van der Waals surface area (Å²) in [6.45, 7) is -2.74. The van der Waals surface area contributed by atoms with Gasteiger partial charge in [-0.05, 0) is 19.6 Å². The number of rotatable bonds is 9. The minimum absolute atomic E-state index is 0.634. The van der Waals surface area contributed by atoms with Gasteiger partial charge in [0.25, 0.3) is 0 Å². The highest BCUT2D eigenvalue weighted by atomic mass is 28.5. The summed E-state index contributed by atoms with van der Waals surface area (Å²) in [4.78, 5) is 0. The Morgan fingerprint density at radius 1 is 0.292 bits per heavy atom. The van der Waals surface area contributed by atoms with Crippen LogP contribution < -0.4 is 0 Å². The zero-order chi connectivity index (χ0) is 39.6. The number of hydrogen-bond acceptors (Lipinski definition) is 3. The predicted molar refractivity (Wildman–Crippen MR) is 101 cm³/mol. The van der Waals surface area contributed by atoms with Gasteiger partial charge in [0.1, 0.15) is 0 Å². The normalized spacial score (nSPS) is 23.4. The van der Waals surface area contributed by atoms with Crippen molar-refractivity contribution in [3.8, 4) is 0 Å². The van der Waals surface area contributed by atoms with Gasteiger partial charge in [-0.1, -0.05) is 0 Å². The summed E-state index contributed by atoms with van der Waals surface area (Å²) in [5.74, 6) is -52.3. The molecule has 48 heavy (non-hydrogen) atoms. The third kappa shape index (κ3) is 5.47. The van der Waals surface area contributed by atoms with Crippen LogP contribution in [-0.4, -0.2) is 96.4 Å². The molecule has 1 aliphatic heterocycles. The first-order valence-electron chi connectivity index (χ1n) is 10.8. The summed E-state index contributed by atoms with van der Waals surface area (Å²) in [6.07, 6.45) is -24.5. The van der Waals surface area contributed by atoms with Crippen LogP contribution in [0, 0.1) is 0 Å². The van der Waals surface area contributed by atoms with E-state index in [1.54, 1.807) is 0 Å². The molecule has 1 rings (SSSR count). The molecule has 1 fully saturated rings. The molecule has 0 amide bonds. The van der Waals surface area contributed by atoms with Crippen molar-refractivity contribution in [3.05, 3.63) is 0 Å². The van der Waals surface area contributed by atoms with Crippen molar-refractivity contribution in [2.45, 2.75) is 90.3 Å². The summed E-state index contributed by atoms with van der Waals surface area (Å²) in [6, 6.07) is 0. The Labute approximate surface area is 248 Å². The summed E-state index contributed by atoms with van der Waals surface area (Å²) in [5.41, 5.74) is -26.1. The lowest BCUT2D eigenvalue weighted by Crippen LogP contribution is -2.91. The summed E-state index contributed by atoms with van der Waals surface area (Å²) >= 11 is 0. The van der Waals surface area contributed by atoms with Gasteiger partial charge in [0.2, 0.25) is 0 Å². The van der Waals surface area contributed by atoms with Gasteiger partial charge in [-0.25, -0.2) is 0 Å². The van der Waals surface area contributed by atoms with Crippen LogP contribution in [0.4, 0.5) is 119 Å². The van der Waals surface area contributed by atoms with Crippen molar-refractivity contribution in [2.75, 3.05) is 0 Å². The Morgan fingerprint density at radius 3 is 0.750 bits per heavy atom. The smallest absolute Gasteiger partial charge is 0.412 e. The fourth-order valence-electron chi connectivity index (χ4n) is 3.56. The first-order valence-corrected chi connectivity index (χ1v) is 17.8. The molecule has 0 spiro atoms. The highest BCUT2D eigenvalue weighted by Crippen LogP contribution is 2.66. The van der Waals surface area contributed by atoms with E-state index in [2.05, 4.69) is 12.3 Å². The molecule has 1 aliphatic rings. The van der Waals surface area contributed by atoms with E-state index >= 15 is 17.6 Å². The maximum absolute atomic E-state index is 15.2. The van der Waals surface area contributed by atoms with E-state index in [-0.39, 0.29) is 0 Å². The molecule has 1 unspecified atom stereocenters. The monoisotopic (exact) mass is 834 g/mol. The van der Waals surface area contributed by atoms with Crippen LogP contribution in [0.3, 0.4) is 0 Å². The van der Waals surface area contributed by atoms with Crippen molar-refractivity contribution < 1.29 is 131 Å². The van der Waals surface area contributed by atoms with Gasteiger partial charge in [0.05, 0.1) is 0 Å². The molecular formula is C15H9F27O3Si3. The average Bonchev–Trinajstić information content (AvgIpc) is 2.79. The molecule has 0 bridgehead atoms. The van der Waals surface area contributed by atoms with E-state index in [0.29, 0.717) is 0 Å². The SMILES string of the molecule is C[Si]1(C)O[Si](C)(C(F)(F)C(F)(F)C(F)(F)C(F)(F)F)O[Si](C(F)(F)C(F)(F)C(F)(F)C(F)(F)F)(C(F)(F)C(F)(F)C(F)(F)C(F)(F)F)O1. The molecule has 1 atom stereocenters. The van der Waals surface area contributed by atoms with Gasteiger partial charge in [-0.2, -0.15) is 119 Å². The maximum atomic E-state index is 15.2. The van der Waals surface area contributed by atoms with Crippen LogP contribution in [0.1, 0.15) is 0 Å². The van der Waals surface area contributed by atoms with Gasteiger partial charge >= 0.3 is 96.4 Å². The quantitative estimate of drug-likeness (QED) is 0.171. The van der Waals surface area contributed by atoms with Crippen LogP contribution in [0.15, 0.2) is 0 Å². The molecule has 0 radical (unpaired) electrons. The lowest BCUT2D eigenvalue weighted by Gasteiger charge is -2.57. The second-order valence-corrected chi connectivity index (χ2v) is 20.2. The Kier molecular flexibility index (Phi) is 10.1. The fraction of sp³-hybridized carbons (Fsp3) is 1.00. The minimum atomic E-state index is -10.8. The van der Waals surface area contributed by atoms with Gasteiger partial charge in [-0.15, -0.1) is 0 Å². The van der Waals surface area contributed by atoms with Gasteiger partial charge in [0, 0.05) is 0 Å². The molecule has 0 aromatic carbocycles. The topological polar surface area (TPSA) is 27.7 Å².